The molecule has 0 aliphatic carbocycles. The Morgan fingerprint density at radius 1 is 1.20 bits per heavy atom. The maximum Gasteiger partial charge on any atom is 0.433 e. The monoisotopic (exact) mass is 297 g/mol. The van der Waals surface area contributed by atoms with Crippen molar-refractivity contribution in [1.82, 2.24) is 15.3 Å². The zero-order valence-corrected chi connectivity index (χ0v) is 10.3. The molecular weight excluding hydrogens is 285 g/mol. The molecule has 0 radical (unpaired) electrons. The molecule has 0 saturated carbocycles. The smallest absolute Gasteiger partial charge is 0.375 e. The molecule has 0 unspecified atom stereocenters. The maximum atomic E-state index is 12.9. The Kier molecular flexibility index (Phi) is 4.48. The minimum atomic E-state index is -4.56. The highest BCUT2D eigenvalue weighted by Gasteiger charge is 2.38. The lowest BCUT2D eigenvalue weighted by Gasteiger charge is -2.12. The predicted molar refractivity (Wildman–Crippen MR) is 58.1 cm³/mol. The van der Waals surface area contributed by atoms with Crippen LogP contribution in [0.1, 0.15) is 22.8 Å². The molecule has 1 aliphatic heterocycles. The van der Waals surface area contributed by atoms with E-state index in [-0.39, 0.29) is 37.5 Å². The molecule has 0 spiro atoms. The van der Waals surface area contributed by atoms with Gasteiger partial charge in [-0.1, -0.05) is 0 Å². The Balaban J connectivity index is 2.11. The van der Waals surface area contributed by atoms with E-state index >= 15 is 0 Å². The summed E-state index contributed by atoms with van der Waals surface area (Å²) in [5.74, 6) is -0.0472. The molecule has 0 amide bonds. The second-order valence-corrected chi connectivity index (χ2v) is 4.23. The van der Waals surface area contributed by atoms with Gasteiger partial charge in [-0.05, 0) is 0 Å². The summed E-state index contributed by atoms with van der Waals surface area (Å²) >= 11 is 0. The van der Waals surface area contributed by atoms with Crippen molar-refractivity contribution in [1.29, 1.82) is 0 Å². The molecule has 4 nitrogen and oxygen atoms in total. The average molecular weight is 297 g/mol. The van der Waals surface area contributed by atoms with Gasteiger partial charge in [0.1, 0.15) is 12.4 Å². The lowest BCUT2D eigenvalue weighted by Crippen LogP contribution is -2.17. The minimum absolute atomic E-state index is 0.0386. The highest BCUT2D eigenvalue weighted by Crippen LogP contribution is 2.33. The molecule has 1 N–H and O–H groups in total. The van der Waals surface area contributed by atoms with Crippen LogP contribution in [0.15, 0.2) is 0 Å². The fourth-order valence-corrected chi connectivity index (χ4v) is 1.90. The van der Waals surface area contributed by atoms with Gasteiger partial charge in [-0.15, -0.1) is 0 Å². The Bertz CT molecular complexity index is 478. The number of hydrogen-bond acceptors (Lipinski definition) is 4. The number of fused-ring (bicyclic) bond motifs is 1. The third-order valence-corrected chi connectivity index (χ3v) is 2.72. The number of nitrogens with zero attached hydrogens (tertiary/aromatic N) is 2. The predicted octanol–water partition coefficient (Wildman–Crippen LogP) is 1.92. The van der Waals surface area contributed by atoms with Crippen LogP contribution in [0.5, 0.6) is 0 Å². The van der Waals surface area contributed by atoms with E-state index in [1.165, 1.54) is 0 Å². The van der Waals surface area contributed by atoms with Crippen molar-refractivity contribution in [2.75, 3.05) is 13.2 Å². The van der Waals surface area contributed by atoms with Crippen molar-refractivity contribution in [3.8, 4) is 0 Å². The van der Waals surface area contributed by atoms with Gasteiger partial charge in [-0.2, -0.15) is 13.2 Å². The SMILES string of the molecule is FC(F)COCCc1nc2c(c(C(F)(F)F)n1)CNC2. The molecule has 0 saturated heterocycles. The molecule has 20 heavy (non-hydrogen) atoms. The van der Waals surface area contributed by atoms with E-state index in [0.717, 1.165) is 0 Å². The fraction of sp³-hybridized carbons (Fsp3) is 0.636. The average Bonchev–Trinajstić information content (AvgIpc) is 2.80. The molecule has 2 rings (SSSR count). The van der Waals surface area contributed by atoms with E-state index in [0.29, 0.717) is 5.69 Å². The first-order chi connectivity index (χ1) is 9.38. The molecule has 1 aromatic heterocycles. The van der Waals surface area contributed by atoms with Gasteiger partial charge in [0.25, 0.3) is 6.43 Å². The van der Waals surface area contributed by atoms with Crippen LogP contribution < -0.4 is 5.32 Å². The molecule has 112 valence electrons. The Labute approximate surface area is 111 Å². The minimum Gasteiger partial charge on any atom is -0.375 e. The van der Waals surface area contributed by atoms with E-state index in [1.807, 2.05) is 0 Å². The van der Waals surface area contributed by atoms with Gasteiger partial charge < -0.3 is 10.1 Å². The van der Waals surface area contributed by atoms with Gasteiger partial charge >= 0.3 is 6.18 Å². The summed E-state index contributed by atoms with van der Waals surface area (Å²) in [7, 11) is 0. The number of aromatic nitrogens is 2. The lowest BCUT2D eigenvalue weighted by molar-refractivity contribution is -0.142. The number of hydrogen-bond donors (Lipinski definition) is 1. The topological polar surface area (TPSA) is 47.0 Å². The maximum absolute atomic E-state index is 12.9. The fourth-order valence-electron chi connectivity index (χ4n) is 1.90. The van der Waals surface area contributed by atoms with Crippen molar-refractivity contribution >= 4 is 0 Å². The summed E-state index contributed by atoms with van der Waals surface area (Å²) in [4.78, 5) is 7.49. The van der Waals surface area contributed by atoms with Gasteiger partial charge in [0.2, 0.25) is 0 Å². The van der Waals surface area contributed by atoms with E-state index < -0.39 is 24.9 Å². The summed E-state index contributed by atoms with van der Waals surface area (Å²) in [6.07, 6.45) is -7.20. The number of rotatable bonds is 5. The molecule has 0 aromatic carbocycles. The van der Waals surface area contributed by atoms with Crippen LogP contribution in [0.4, 0.5) is 22.0 Å². The first kappa shape index (κ1) is 15.0. The quantitative estimate of drug-likeness (QED) is 0.666. The van der Waals surface area contributed by atoms with Gasteiger partial charge in [0.05, 0.1) is 12.3 Å². The number of halogens is 5. The second-order valence-electron chi connectivity index (χ2n) is 4.23. The van der Waals surface area contributed by atoms with E-state index in [1.54, 1.807) is 0 Å². The lowest BCUT2D eigenvalue weighted by atomic mass is 10.1. The van der Waals surface area contributed by atoms with Crippen LogP contribution in [0, 0.1) is 0 Å². The first-order valence-corrected chi connectivity index (χ1v) is 5.90. The summed E-state index contributed by atoms with van der Waals surface area (Å²) in [6, 6.07) is 0. The molecule has 2 heterocycles. The van der Waals surface area contributed by atoms with Crippen LogP contribution in [0.3, 0.4) is 0 Å². The van der Waals surface area contributed by atoms with Gasteiger partial charge in [0, 0.05) is 25.1 Å². The molecule has 0 bridgehead atoms. The van der Waals surface area contributed by atoms with E-state index in [9.17, 15) is 22.0 Å². The molecule has 1 aromatic rings. The van der Waals surface area contributed by atoms with Gasteiger partial charge in [-0.3, -0.25) is 0 Å². The second kappa shape index (κ2) is 5.96. The zero-order valence-electron chi connectivity index (χ0n) is 10.3. The number of alkyl halides is 5. The highest BCUT2D eigenvalue weighted by molar-refractivity contribution is 5.31. The standard InChI is InChI=1S/C11H12F5N3O/c12-8(13)5-20-2-1-9-18-7-4-17-3-6(7)10(19-9)11(14,15)16/h8,17H,1-5H2. The Morgan fingerprint density at radius 3 is 2.60 bits per heavy atom. The molecule has 9 heteroatoms. The van der Waals surface area contributed by atoms with E-state index in [4.69, 9.17) is 0 Å². The summed E-state index contributed by atoms with van der Waals surface area (Å²) in [6.45, 7) is -0.579. The number of nitrogens with one attached hydrogen (secondary N) is 1. The van der Waals surface area contributed by atoms with Crippen LogP contribution in [0.2, 0.25) is 0 Å². The molecule has 1 aliphatic rings. The van der Waals surface area contributed by atoms with E-state index in [2.05, 4.69) is 20.0 Å². The zero-order chi connectivity index (χ0) is 14.8. The van der Waals surface area contributed by atoms with Crippen molar-refractivity contribution < 1.29 is 26.7 Å². The summed E-state index contributed by atoms with van der Waals surface area (Å²) in [5, 5.41) is 2.78. The Morgan fingerprint density at radius 2 is 1.95 bits per heavy atom. The molecular formula is C11H12F5N3O. The van der Waals surface area contributed by atoms with Crippen LogP contribution in [-0.2, 0) is 30.4 Å². The van der Waals surface area contributed by atoms with Crippen molar-refractivity contribution in [2.24, 2.45) is 0 Å². The van der Waals surface area contributed by atoms with Gasteiger partial charge in [-0.25, -0.2) is 18.7 Å². The van der Waals surface area contributed by atoms with Gasteiger partial charge in [0.15, 0.2) is 5.69 Å². The largest absolute Gasteiger partial charge is 0.433 e. The summed E-state index contributed by atoms with van der Waals surface area (Å²) in [5.41, 5.74) is -0.609. The highest BCUT2D eigenvalue weighted by atomic mass is 19.4. The molecule has 0 atom stereocenters. The van der Waals surface area contributed by atoms with Crippen molar-refractivity contribution in [2.45, 2.75) is 32.1 Å². The van der Waals surface area contributed by atoms with Crippen LogP contribution >= 0.6 is 0 Å². The number of ether oxygens (including phenoxy) is 1. The molecule has 0 fully saturated rings. The third-order valence-electron chi connectivity index (χ3n) is 2.72. The normalized spacial score (nSPS) is 14.9. The first-order valence-electron chi connectivity index (χ1n) is 5.90. The summed E-state index contributed by atoms with van der Waals surface area (Å²) < 4.78 is 66.9. The Hall–Kier alpha value is -1.35. The van der Waals surface area contributed by atoms with Crippen LogP contribution in [0.25, 0.3) is 0 Å². The van der Waals surface area contributed by atoms with Crippen molar-refractivity contribution in [3.63, 3.8) is 0 Å². The van der Waals surface area contributed by atoms with Crippen molar-refractivity contribution in [3.05, 3.63) is 22.8 Å². The van der Waals surface area contributed by atoms with Crippen LogP contribution in [-0.4, -0.2) is 29.6 Å². The third kappa shape index (κ3) is 3.60.